The van der Waals surface area contributed by atoms with Gasteiger partial charge in [-0.05, 0) is 0 Å². The highest BCUT2D eigenvalue weighted by atomic mass is 32.2. The molecule has 0 spiro atoms. The molecule has 0 saturated carbocycles. The second-order valence-electron chi connectivity index (χ2n) is 2.97. The zero-order valence-corrected chi connectivity index (χ0v) is 8.58. The summed E-state index contributed by atoms with van der Waals surface area (Å²) < 4.78 is 23.5. The standard InChI is InChI=1S/C7H10N2O4S/c1-9-4-5(3-6(10)11)8-7(9)14(2,12)13/h4H,3H2,1-2H3,(H,10,11). The highest BCUT2D eigenvalue weighted by Gasteiger charge is 2.16. The Bertz CT molecular complexity index is 460. The van der Waals surface area contributed by atoms with Crippen molar-refractivity contribution in [2.75, 3.05) is 6.26 Å². The molecule has 0 aromatic carbocycles. The Morgan fingerprint density at radius 1 is 1.64 bits per heavy atom. The third-order valence-corrected chi connectivity index (χ3v) is 2.59. The van der Waals surface area contributed by atoms with E-state index in [1.54, 1.807) is 0 Å². The van der Waals surface area contributed by atoms with Crippen molar-refractivity contribution in [1.29, 1.82) is 0 Å². The van der Waals surface area contributed by atoms with Crippen LogP contribution in [-0.2, 0) is 28.1 Å². The number of aryl methyl sites for hydroxylation is 1. The van der Waals surface area contributed by atoms with E-state index in [9.17, 15) is 13.2 Å². The molecule has 1 heterocycles. The third kappa shape index (κ3) is 2.32. The lowest BCUT2D eigenvalue weighted by Crippen LogP contribution is -2.05. The van der Waals surface area contributed by atoms with Crippen molar-refractivity contribution >= 4 is 15.8 Å². The van der Waals surface area contributed by atoms with Crippen LogP contribution >= 0.6 is 0 Å². The van der Waals surface area contributed by atoms with Crippen LogP contribution in [0.15, 0.2) is 11.4 Å². The number of rotatable bonds is 3. The zero-order chi connectivity index (χ0) is 10.9. The van der Waals surface area contributed by atoms with Gasteiger partial charge < -0.3 is 9.67 Å². The predicted octanol–water partition coefficient (Wildman–Crippen LogP) is -0.549. The highest BCUT2D eigenvalue weighted by molar-refractivity contribution is 7.90. The summed E-state index contributed by atoms with van der Waals surface area (Å²) >= 11 is 0. The summed E-state index contributed by atoms with van der Waals surface area (Å²) in [5.74, 6) is -1.04. The van der Waals surface area contributed by atoms with Crippen molar-refractivity contribution < 1.29 is 18.3 Å². The molecular weight excluding hydrogens is 208 g/mol. The molecule has 14 heavy (non-hydrogen) atoms. The fourth-order valence-electron chi connectivity index (χ4n) is 1.09. The maximum atomic E-state index is 11.1. The van der Waals surface area contributed by atoms with Crippen LogP contribution in [0.5, 0.6) is 0 Å². The van der Waals surface area contributed by atoms with E-state index >= 15 is 0 Å². The molecule has 1 N–H and O–H groups in total. The first kappa shape index (κ1) is 10.7. The van der Waals surface area contributed by atoms with E-state index in [1.807, 2.05) is 0 Å². The molecule has 0 aliphatic carbocycles. The van der Waals surface area contributed by atoms with Gasteiger partial charge in [-0.2, -0.15) is 0 Å². The van der Waals surface area contributed by atoms with E-state index in [-0.39, 0.29) is 17.3 Å². The second kappa shape index (κ2) is 3.41. The number of hydrogen-bond donors (Lipinski definition) is 1. The molecule has 0 saturated heterocycles. The van der Waals surface area contributed by atoms with Crippen LogP contribution in [0.4, 0.5) is 0 Å². The Kier molecular flexibility index (Phi) is 2.61. The first-order valence-electron chi connectivity index (χ1n) is 3.75. The minimum atomic E-state index is -3.39. The minimum Gasteiger partial charge on any atom is -0.481 e. The van der Waals surface area contributed by atoms with Crippen molar-refractivity contribution in [3.63, 3.8) is 0 Å². The molecule has 78 valence electrons. The summed E-state index contributed by atoms with van der Waals surface area (Å²) in [4.78, 5) is 14.1. The maximum Gasteiger partial charge on any atom is 0.309 e. The molecule has 0 aliphatic rings. The first-order valence-corrected chi connectivity index (χ1v) is 5.64. The molecular formula is C7H10N2O4S. The van der Waals surface area contributed by atoms with Crippen LogP contribution in [0.25, 0.3) is 0 Å². The highest BCUT2D eigenvalue weighted by Crippen LogP contribution is 2.08. The lowest BCUT2D eigenvalue weighted by molar-refractivity contribution is -0.136. The van der Waals surface area contributed by atoms with Crippen molar-refractivity contribution in [1.82, 2.24) is 9.55 Å². The summed E-state index contributed by atoms with van der Waals surface area (Å²) in [6, 6.07) is 0. The Hall–Kier alpha value is -1.37. The quantitative estimate of drug-likeness (QED) is 0.735. The molecule has 6 nitrogen and oxygen atoms in total. The van der Waals surface area contributed by atoms with Gasteiger partial charge in [0, 0.05) is 19.5 Å². The van der Waals surface area contributed by atoms with Crippen molar-refractivity contribution in [3.8, 4) is 0 Å². The van der Waals surface area contributed by atoms with Crippen LogP contribution in [0.3, 0.4) is 0 Å². The van der Waals surface area contributed by atoms with Gasteiger partial charge in [0.05, 0.1) is 12.1 Å². The van der Waals surface area contributed by atoms with E-state index in [1.165, 1.54) is 17.8 Å². The fourth-order valence-corrected chi connectivity index (χ4v) is 1.95. The molecule has 0 aliphatic heterocycles. The van der Waals surface area contributed by atoms with Crippen molar-refractivity contribution in [3.05, 3.63) is 11.9 Å². The monoisotopic (exact) mass is 218 g/mol. The van der Waals surface area contributed by atoms with E-state index in [4.69, 9.17) is 5.11 Å². The number of carboxylic acid groups (broad SMARTS) is 1. The van der Waals surface area contributed by atoms with Crippen molar-refractivity contribution in [2.45, 2.75) is 11.6 Å². The summed E-state index contributed by atoms with van der Waals surface area (Å²) in [6.45, 7) is 0. The Morgan fingerprint density at radius 3 is 2.57 bits per heavy atom. The van der Waals surface area contributed by atoms with Gasteiger partial charge >= 0.3 is 5.97 Å². The van der Waals surface area contributed by atoms with E-state index < -0.39 is 15.8 Å². The molecule has 7 heteroatoms. The maximum absolute atomic E-state index is 11.1. The van der Waals surface area contributed by atoms with Crippen LogP contribution in [-0.4, -0.2) is 35.3 Å². The largest absolute Gasteiger partial charge is 0.481 e. The fraction of sp³-hybridized carbons (Fsp3) is 0.429. The third-order valence-electron chi connectivity index (χ3n) is 1.55. The number of aromatic nitrogens is 2. The number of nitrogens with zero attached hydrogens (tertiary/aromatic N) is 2. The number of carboxylic acids is 1. The molecule has 0 atom stereocenters. The van der Waals surface area contributed by atoms with Gasteiger partial charge in [0.15, 0.2) is 0 Å². The summed E-state index contributed by atoms with van der Waals surface area (Å²) in [7, 11) is -1.88. The Labute approximate surface area is 81.1 Å². The lowest BCUT2D eigenvalue weighted by atomic mass is 10.3. The summed E-state index contributed by atoms with van der Waals surface area (Å²) in [5.41, 5.74) is 0.237. The minimum absolute atomic E-state index is 0.117. The normalized spacial score (nSPS) is 11.6. The van der Waals surface area contributed by atoms with Gasteiger partial charge in [-0.15, -0.1) is 0 Å². The van der Waals surface area contributed by atoms with Crippen molar-refractivity contribution in [2.24, 2.45) is 7.05 Å². The van der Waals surface area contributed by atoms with Crippen LogP contribution in [0, 0.1) is 0 Å². The number of hydrogen-bond acceptors (Lipinski definition) is 4. The molecule has 1 rings (SSSR count). The zero-order valence-electron chi connectivity index (χ0n) is 7.76. The van der Waals surface area contributed by atoms with Gasteiger partial charge in [-0.3, -0.25) is 4.79 Å². The van der Waals surface area contributed by atoms with Gasteiger partial charge in [0.2, 0.25) is 15.0 Å². The molecule has 0 amide bonds. The van der Waals surface area contributed by atoms with Crippen LogP contribution in [0.2, 0.25) is 0 Å². The van der Waals surface area contributed by atoms with Gasteiger partial charge in [0.1, 0.15) is 0 Å². The summed E-state index contributed by atoms with van der Waals surface area (Å²) in [5, 5.41) is 8.35. The number of aliphatic carboxylic acids is 1. The average Bonchev–Trinajstić information content (AvgIpc) is 2.27. The van der Waals surface area contributed by atoms with E-state index in [0.29, 0.717) is 0 Å². The van der Waals surface area contributed by atoms with E-state index in [2.05, 4.69) is 4.98 Å². The lowest BCUT2D eigenvalue weighted by Gasteiger charge is -1.95. The molecule has 0 fully saturated rings. The van der Waals surface area contributed by atoms with Gasteiger partial charge in [0.25, 0.3) is 0 Å². The Morgan fingerprint density at radius 2 is 2.21 bits per heavy atom. The van der Waals surface area contributed by atoms with E-state index in [0.717, 1.165) is 6.26 Å². The van der Waals surface area contributed by atoms with Crippen LogP contribution < -0.4 is 0 Å². The average molecular weight is 218 g/mol. The molecule has 0 bridgehead atoms. The topological polar surface area (TPSA) is 89.3 Å². The first-order chi connectivity index (χ1) is 6.30. The second-order valence-corrected chi connectivity index (χ2v) is 4.88. The molecule has 0 radical (unpaired) electrons. The molecule has 1 aromatic rings. The smallest absolute Gasteiger partial charge is 0.309 e. The Balaban J connectivity index is 3.12. The summed E-state index contributed by atoms with van der Waals surface area (Å²) in [6.07, 6.45) is 2.15. The number of imidazole rings is 1. The SMILES string of the molecule is Cn1cc(CC(=O)O)nc1S(C)(=O)=O. The van der Waals surface area contributed by atoms with Gasteiger partial charge in [-0.25, -0.2) is 13.4 Å². The molecule has 1 aromatic heterocycles. The predicted molar refractivity (Wildman–Crippen MR) is 47.7 cm³/mol. The number of sulfone groups is 1. The van der Waals surface area contributed by atoms with Crippen LogP contribution in [0.1, 0.15) is 5.69 Å². The van der Waals surface area contributed by atoms with Gasteiger partial charge in [-0.1, -0.05) is 0 Å². The number of carbonyl (C=O) groups is 1. The molecule has 0 unspecified atom stereocenters.